The summed E-state index contributed by atoms with van der Waals surface area (Å²) in [7, 11) is -3.34. The Balaban J connectivity index is 1.37. The van der Waals surface area contributed by atoms with E-state index >= 15 is 0 Å². The number of benzene rings is 2. The van der Waals surface area contributed by atoms with E-state index in [4.69, 9.17) is 0 Å². The zero-order valence-electron chi connectivity index (χ0n) is 19.3. The number of anilines is 1. The number of halogens is 2. The average Bonchev–Trinajstić information content (AvgIpc) is 3.41. The number of likely N-dealkylation sites (tertiary alicyclic amines) is 1. The number of aromatic amines is 1. The van der Waals surface area contributed by atoms with Gasteiger partial charge in [0.05, 0.1) is 17.0 Å². The smallest absolute Gasteiger partial charge is 0.276 e. The summed E-state index contributed by atoms with van der Waals surface area (Å²) in [4.78, 5) is 19.1. The molecule has 0 saturated carbocycles. The molecule has 1 fully saturated rings. The van der Waals surface area contributed by atoms with E-state index in [1.54, 1.807) is 17.3 Å². The highest BCUT2D eigenvalue weighted by Gasteiger charge is 2.37. The van der Waals surface area contributed by atoms with E-state index in [1.165, 1.54) is 24.3 Å². The van der Waals surface area contributed by atoms with Gasteiger partial charge in [-0.3, -0.25) is 19.8 Å². The molecule has 2 N–H and O–H groups in total. The zero-order chi connectivity index (χ0) is 25.5. The fraction of sp³-hybridized carbons (Fsp3) is 0.240. The highest BCUT2D eigenvalue weighted by atomic mass is 32.2. The third-order valence-electron chi connectivity index (χ3n) is 6.10. The Morgan fingerprint density at radius 2 is 1.89 bits per heavy atom. The second kappa shape index (κ2) is 9.07. The molecule has 0 radical (unpaired) electrons. The summed E-state index contributed by atoms with van der Waals surface area (Å²) in [6.45, 7) is 0.470. The molecule has 186 valence electrons. The molecule has 2 aromatic heterocycles. The fourth-order valence-electron chi connectivity index (χ4n) is 4.27. The van der Waals surface area contributed by atoms with Crippen LogP contribution < -0.4 is 5.32 Å². The molecule has 36 heavy (non-hydrogen) atoms. The highest BCUT2D eigenvalue weighted by Crippen LogP contribution is 2.29. The monoisotopic (exact) mass is 511 g/mol. The van der Waals surface area contributed by atoms with Gasteiger partial charge in [0, 0.05) is 54.8 Å². The van der Waals surface area contributed by atoms with E-state index < -0.39 is 21.7 Å². The minimum atomic E-state index is -3.34. The van der Waals surface area contributed by atoms with Crippen molar-refractivity contribution in [3.05, 3.63) is 72.2 Å². The number of rotatable bonds is 6. The summed E-state index contributed by atoms with van der Waals surface area (Å²) in [5, 5.41) is 10.3. The summed E-state index contributed by atoms with van der Waals surface area (Å²) in [6.07, 6.45) is 4.34. The Kier molecular flexibility index (Phi) is 6.05. The molecule has 1 saturated heterocycles. The van der Waals surface area contributed by atoms with E-state index in [9.17, 15) is 22.0 Å². The lowest BCUT2D eigenvalue weighted by molar-refractivity contribution is 0.0115. The van der Waals surface area contributed by atoms with Crippen molar-refractivity contribution in [2.75, 3.05) is 24.7 Å². The van der Waals surface area contributed by atoms with Crippen molar-refractivity contribution in [3.63, 3.8) is 0 Å². The number of aromatic nitrogens is 3. The van der Waals surface area contributed by atoms with Gasteiger partial charge in [0.25, 0.3) is 11.8 Å². The third kappa shape index (κ3) is 5.12. The quantitative estimate of drug-likeness (QED) is 0.403. The van der Waals surface area contributed by atoms with Crippen LogP contribution in [0.3, 0.4) is 0 Å². The van der Waals surface area contributed by atoms with Crippen LogP contribution in [0.5, 0.6) is 0 Å². The summed E-state index contributed by atoms with van der Waals surface area (Å²) < 4.78 is 50.4. The van der Waals surface area contributed by atoms with Crippen LogP contribution in [0.15, 0.2) is 65.8 Å². The lowest BCUT2D eigenvalue weighted by Gasteiger charge is -2.15. The van der Waals surface area contributed by atoms with Crippen molar-refractivity contribution in [3.8, 4) is 11.1 Å². The van der Waals surface area contributed by atoms with Gasteiger partial charge in [-0.1, -0.05) is 6.07 Å². The Morgan fingerprint density at radius 1 is 1.11 bits per heavy atom. The van der Waals surface area contributed by atoms with E-state index in [-0.39, 0.29) is 23.6 Å². The van der Waals surface area contributed by atoms with Gasteiger partial charge in [-0.25, -0.2) is 17.2 Å². The normalized spacial score (nSPS) is 15.9. The van der Waals surface area contributed by atoms with Crippen LogP contribution in [0.2, 0.25) is 0 Å². The number of hydrogen-bond donors (Lipinski definition) is 2. The van der Waals surface area contributed by atoms with Crippen LogP contribution in [0.4, 0.5) is 14.5 Å². The first-order chi connectivity index (χ1) is 17.1. The van der Waals surface area contributed by atoms with Crippen LogP contribution in [0.1, 0.15) is 22.5 Å². The van der Waals surface area contributed by atoms with Gasteiger partial charge in [-0.2, -0.15) is 5.10 Å². The molecule has 5 rings (SSSR count). The topological polar surface area (TPSA) is 108 Å². The maximum atomic E-state index is 13.5. The number of carbonyl (C=O) groups excluding carboxylic acids is 1. The van der Waals surface area contributed by atoms with Crippen molar-refractivity contribution in [2.45, 2.75) is 23.8 Å². The van der Waals surface area contributed by atoms with Crippen LogP contribution in [0, 0.1) is 0 Å². The predicted molar refractivity (Wildman–Crippen MR) is 132 cm³/mol. The molecule has 0 bridgehead atoms. The number of carbonyl (C=O) groups is 1. The number of alkyl halides is 2. The molecule has 0 atom stereocenters. The van der Waals surface area contributed by atoms with Gasteiger partial charge < -0.3 is 5.32 Å². The number of hydrogen-bond acceptors (Lipinski definition) is 6. The van der Waals surface area contributed by atoms with Crippen molar-refractivity contribution >= 4 is 32.3 Å². The summed E-state index contributed by atoms with van der Waals surface area (Å²) >= 11 is 0. The van der Waals surface area contributed by atoms with Gasteiger partial charge in [-0.05, 0) is 53.6 Å². The molecule has 11 heteroatoms. The number of nitrogens with one attached hydrogen (secondary N) is 2. The highest BCUT2D eigenvalue weighted by molar-refractivity contribution is 7.90. The Bertz CT molecular complexity index is 1550. The van der Waals surface area contributed by atoms with Gasteiger partial charge in [0.2, 0.25) is 0 Å². The van der Waals surface area contributed by atoms with Crippen molar-refractivity contribution in [1.82, 2.24) is 20.1 Å². The standard InChI is InChI=1S/C25H23F2N5O3S/c1-36(34,35)20-5-3-19(4-6-20)29-24(33)23-21-11-17(2-7-22(21)30-31-23)18-10-16(12-28-13-18)14-32-9-8-25(26,27)15-32/h2-7,10-13H,8-9,14-15H2,1H3,(H,29,33)(H,30,31). The van der Waals surface area contributed by atoms with Crippen molar-refractivity contribution in [1.29, 1.82) is 0 Å². The summed E-state index contributed by atoms with van der Waals surface area (Å²) in [5.74, 6) is -3.10. The van der Waals surface area contributed by atoms with Crippen molar-refractivity contribution < 1.29 is 22.0 Å². The number of amides is 1. The molecule has 1 aliphatic rings. The molecule has 8 nitrogen and oxygen atoms in total. The largest absolute Gasteiger partial charge is 0.321 e. The number of nitrogens with zero attached hydrogens (tertiary/aromatic N) is 3. The van der Waals surface area contributed by atoms with Crippen LogP contribution in [0.25, 0.3) is 22.0 Å². The molecular formula is C25H23F2N5O3S. The predicted octanol–water partition coefficient (Wildman–Crippen LogP) is 4.12. The van der Waals surface area contributed by atoms with Crippen LogP contribution in [-0.2, 0) is 16.4 Å². The molecule has 1 aliphatic heterocycles. The second-order valence-corrected chi connectivity index (χ2v) is 11.0. The Hall–Kier alpha value is -3.70. The molecule has 2 aromatic carbocycles. The molecule has 4 aromatic rings. The lowest BCUT2D eigenvalue weighted by Crippen LogP contribution is -2.24. The minimum Gasteiger partial charge on any atom is -0.321 e. The first-order valence-corrected chi connectivity index (χ1v) is 13.1. The van der Waals surface area contributed by atoms with E-state index in [0.717, 1.165) is 22.9 Å². The molecular weight excluding hydrogens is 488 g/mol. The molecule has 0 aliphatic carbocycles. The van der Waals surface area contributed by atoms with Gasteiger partial charge in [0.1, 0.15) is 0 Å². The lowest BCUT2D eigenvalue weighted by atomic mass is 10.0. The van der Waals surface area contributed by atoms with E-state index in [2.05, 4.69) is 20.5 Å². The first-order valence-electron chi connectivity index (χ1n) is 11.2. The molecule has 1 amide bonds. The summed E-state index contributed by atoms with van der Waals surface area (Å²) in [5.41, 5.74) is 3.71. The number of fused-ring (bicyclic) bond motifs is 1. The average molecular weight is 512 g/mol. The molecule has 0 spiro atoms. The van der Waals surface area contributed by atoms with Gasteiger partial charge >= 0.3 is 0 Å². The van der Waals surface area contributed by atoms with E-state index in [1.807, 2.05) is 24.3 Å². The maximum absolute atomic E-state index is 13.5. The fourth-order valence-corrected chi connectivity index (χ4v) is 4.90. The second-order valence-electron chi connectivity index (χ2n) is 8.98. The molecule has 0 unspecified atom stereocenters. The number of pyridine rings is 1. The number of H-pyrrole nitrogens is 1. The number of sulfone groups is 1. The van der Waals surface area contributed by atoms with Crippen LogP contribution in [-0.4, -0.2) is 59.7 Å². The zero-order valence-corrected chi connectivity index (χ0v) is 20.1. The van der Waals surface area contributed by atoms with Gasteiger partial charge in [-0.15, -0.1) is 0 Å². The maximum Gasteiger partial charge on any atom is 0.276 e. The van der Waals surface area contributed by atoms with Crippen molar-refractivity contribution in [2.24, 2.45) is 0 Å². The minimum absolute atomic E-state index is 0.135. The SMILES string of the molecule is CS(=O)(=O)c1ccc(NC(=O)c2n[nH]c3ccc(-c4cncc(CN5CCC(F)(F)C5)c4)cc23)cc1. The third-order valence-corrected chi connectivity index (χ3v) is 7.23. The van der Waals surface area contributed by atoms with Gasteiger partial charge in [0.15, 0.2) is 15.5 Å². The Labute approximate surface area is 206 Å². The first kappa shape index (κ1) is 24.0. The Morgan fingerprint density at radius 3 is 2.58 bits per heavy atom. The molecule has 3 heterocycles. The van der Waals surface area contributed by atoms with E-state index in [0.29, 0.717) is 29.7 Å². The summed E-state index contributed by atoms with van der Waals surface area (Å²) in [6, 6.07) is 13.3. The van der Waals surface area contributed by atoms with Crippen LogP contribution >= 0.6 is 0 Å².